The van der Waals surface area contributed by atoms with Crippen molar-refractivity contribution in [1.82, 2.24) is 9.55 Å². The van der Waals surface area contributed by atoms with Crippen molar-refractivity contribution in [1.29, 1.82) is 0 Å². The summed E-state index contributed by atoms with van der Waals surface area (Å²) in [5.41, 5.74) is 2.16. The Labute approximate surface area is 177 Å². The summed E-state index contributed by atoms with van der Waals surface area (Å²) in [5, 5.41) is 13.1. The smallest absolute Gasteiger partial charge is 0.348 e. The highest BCUT2D eigenvalue weighted by Crippen LogP contribution is 2.31. The van der Waals surface area contributed by atoms with Crippen molar-refractivity contribution in [3.63, 3.8) is 0 Å². The molecule has 0 bridgehead atoms. The summed E-state index contributed by atoms with van der Waals surface area (Å²) >= 11 is 13.3. The summed E-state index contributed by atoms with van der Waals surface area (Å²) in [6, 6.07) is 5.04. The van der Waals surface area contributed by atoms with Gasteiger partial charge in [-0.3, -0.25) is 9.36 Å². The van der Waals surface area contributed by atoms with Gasteiger partial charge in [0.1, 0.15) is 5.03 Å². The molecule has 1 heterocycles. The molecule has 0 saturated carbocycles. The van der Waals surface area contributed by atoms with Gasteiger partial charge in [-0.15, -0.1) is 0 Å². The molecule has 0 unspecified atom stereocenters. The first-order chi connectivity index (χ1) is 13.5. The first-order valence-electron chi connectivity index (χ1n) is 9.11. The van der Waals surface area contributed by atoms with Crippen molar-refractivity contribution >= 4 is 46.6 Å². The molecule has 2 N–H and O–H groups in total. The number of anilines is 1. The van der Waals surface area contributed by atoms with E-state index in [1.807, 2.05) is 0 Å². The van der Waals surface area contributed by atoms with E-state index in [0.29, 0.717) is 33.7 Å². The van der Waals surface area contributed by atoms with E-state index in [4.69, 9.17) is 28.3 Å². The van der Waals surface area contributed by atoms with Gasteiger partial charge >= 0.3 is 5.69 Å². The molecule has 0 aliphatic heterocycles. The average Bonchev–Trinajstić information content (AvgIpc) is 2.69. The minimum atomic E-state index is -0.324. The Morgan fingerprint density at radius 3 is 2.86 bits per heavy atom. The van der Waals surface area contributed by atoms with Crippen molar-refractivity contribution in [3.05, 3.63) is 50.0 Å². The highest BCUT2D eigenvalue weighted by molar-refractivity contribution is 8.00. The van der Waals surface area contributed by atoms with Crippen LogP contribution in [0.5, 0.6) is 0 Å². The van der Waals surface area contributed by atoms with Gasteiger partial charge in [0.25, 0.3) is 0 Å². The summed E-state index contributed by atoms with van der Waals surface area (Å²) in [6.45, 7) is 0.493. The standard InChI is InChI=1S/C19H21Cl2N3O3S/c20-13-6-3-7-14(17(13)21)22-16(26)11-28-18-12-5-1-2-8-15(12)24(9-4-10-25)19(27)23-18/h3,6-7,25H,1-2,4-5,8-11H2,(H,22,26). The van der Waals surface area contributed by atoms with E-state index in [1.165, 1.54) is 11.8 Å². The van der Waals surface area contributed by atoms with Crippen LogP contribution in [-0.4, -0.2) is 32.9 Å². The summed E-state index contributed by atoms with van der Waals surface area (Å²) in [6.07, 6.45) is 4.23. The molecule has 3 rings (SSSR count). The lowest BCUT2D eigenvalue weighted by Gasteiger charge is -2.22. The molecule has 0 saturated heterocycles. The van der Waals surface area contributed by atoms with E-state index in [-0.39, 0.29) is 24.0 Å². The number of benzene rings is 1. The topological polar surface area (TPSA) is 84.2 Å². The second-order valence-electron chi connectivity index (χ2n) is 6.50. The van der Waals surface area contributed by atoms with Crippen molar-refractivity contribution in [2.75, 3.05) is 17.7 Å². The molecule has 0 radical (unpaired) electrons. The fourth-order valence-electron chi connectivity index (χ4n) is 3.25. The van der Waals surface area contributed by atoms with Crippen LogP contribution in [0.2, 0.25) is 10.0 Å². The minimum absolute atomic E-state index is 0.0317. The van der Waals surface area contributed by atoms with Crippen LogP contribution in [0.4, 0.5) is 5.69 Å². The van der Waals surface area contributed by atoms with Gasteiger partial charge in [0.2, 0.25) is 5.91 Å². The number of thioether (sulfide) groups is 1. The molecular weight excluding hydrogens is 421 g/mol. The van der Waals surface area contributed by atoms with Crippen LogP contribution in [0.3, 0.4) is 0 Å². The number of aliphatic hydroxyl groups is 1. The maximum Gasteiger partial charge on any atom is 0.348 e. The molecule has 9 heteroatoms. The predicted octanol–water partition coefficient (Wildman–Crippen LogP) is 3.54. The van der Waals surface area contributed by atoms with Gasteiger partial charge in [0, 0.05) is 24.4 Å². The number of fused-ring (bicyclic) bond motifs is 1. The third-order valence-corrected chi connectivity index (χ3v) is 6.39. The van der Waals surface area contributed by atoms with Crippen molar-refractivity contribution < 1.29 is 9.90 Å². The Morgan fingerprint density at radius 1 is 1.29 bits per heavy atom. The Hall–Kier alpha value is -1.54. The molecule has 0 fully saturated rings. The number of hydrogen-bond acceptors (Lipinski definition) is 5. The first kappa shape index (κ1) is 21.2. The number of carbonyl (C=O) groups excluding carboxylic acids is 1. The number of aromatic nitrogens is 2. The molecule has 1 aliphatic carbocycles. The number of halogens is 2. The Kier molecular flexibility index (Phi) is 7.40. The first-order valence-corrected chi connectivity index (χ1v) is 10.9. The van der Waals surface area contributed by atoms with Gasteiger partial charge in [-0.2, -0.15) is 4.98 Å². The summed E-state index contributed by atoms with van der Waals surface area (Å²) < 4.78 is 1.67. The lowest BCUT2D eigenvalue weighted by Crippen LogP contribution is -2.30. The van der Waals surface area contributed by atoms with E-state index in [2.05, 4.69) is 10.3 Å². The number of rotatable bonds is 7. The third kappa shape index (κ3) is 4.89. The van der Waals surface area contributed by atoms with Crippen molar-refractivity contribution in [2.45, 2.75) is 43.7 Å². The Balaban J connectivity index is 1.75. The molecule has 0 atom stereocenters. The van der Waals surface area contributed by atoms with E-state index < -0.39 is 0 Å². The molecule has 1 aliphatic rings. The monoisotopic (exact) mass is 441 g/mol. The van der Waals surface area contributed by atoms with Gasteiger partial charge in [-0.25, -0.2) is 4.79 Å². The summed E-state index contributed by atoms with van der Waals surface area (Å²) in [4.78, 5) is 29.0. The molecule has 6 nitrogen and oxygen atoms in total. The van der Waals surface area contributed by atoms with Crippen LogP contribution in [0, 0.1) is 0 Å². The lowest BCUT2D eigenvalue weighted by molar-refractivity contribution is -0.113. The zero-order valence-electron chi connectivity index (χ0n) is 15.2. The molecule has 1 amide bonds. The fourth-order valence-corrected chi connectivity index (χ4v) is 4.47. The average molecular weight is 442 g/mol. The van der Waals surface area contributed by atoms with Gasteiger partial charge in [0.05, 0.1) is 21.5 Å². The Bertz CT molecular complexity index is 933. The molecule has 1 aromatic heterocycles. The normalized spacial score (nSPS) is 13.2. The third-order valence-electron chi connectivity index (χ3n) is 4.56. The highest BCUT2D eigenvalue weighted by Gasteiger charge is 2.21. The summed E-state index contributed by atoms with van der Waals surface area (Å²) in [5.74, 6) is -0.132. The minimum Gasteiger partial charge on any atom is -0.396 e. The maximum absolute atomic E-state index is 12.5. The number of nitrogens with zero attached hydrogens (tertiary/aromatic N) is 2. The highest BCUT2D eigenvalue weighted by atomic mass is 35.5. The molecular formula is C19H21Cl2N3O3S. The van der Waals surface area contributed by atoms with Crippen LogP contribution < -0.4 is 11.0 Å². The predicted molar refractivity (Wildman–Crippen MR) is 113 cm³/mol. The second-order valence-corrected chi connectivity index (χ2v) is 8.25. The van der Waals surface area contributed by atoms with Crippen LogP contribution in [-0.2, 0) is 24.2 Å². The number of amides is 1. The lowest BCUT2D eigenvalue weighted by atomic mass is 9.97. The van der Waals surface area contributed by atoms with Gasteiger partial charge < -0.3 is 10.4 Å². The van der Waals surface area contributed by atoms with E-state index in [9.17, 15) is 9.59 Å². The van der Waals surface area contributed by atoms with Gasteiger partial charge in [-0.1, -0.05) is 41.0 Å². The number of carbonyl (C=O) groups is 1. The number of hydrogen-bond donors (Lipinski definition) is 2. The second kappa shape index (κ2) is 9.78. The Morgan fingerprint density at radius 2 is 2.07 bits per heavy atom. The van der Waals surface area contributed by atoms with Crippen LogP contribution in [0.1, 0.15) is 30.5 Å². The van der Waals surface area contributed by atoms with Crippen LogP contribution in [0.25, 0.3) is 0 Å². The number of aliphatic hydroxyl groups excluding tert-OH is 1. The van der Waals surface area contributed by atoms with Crippen LogP contribution >= 0.6 is 35.0 Å². The zero-order chi connectivity index (χ0) is 20.1. The molecule has 150 valence electrons. The molecule has 2 aromatic rings. The zero-order valence-corrected chi connectivity index (χ0v) is 17.5. The van der Waals surface area contributed by atoms with Crippen molar-refractivity contribution in [2.24, 2.45) is 0 Å². The number of nitrogens with one attached hydrogen (secondary N) is 1. The van der Waals surface area contributed by atoms with Gasteiger partial charge in [-0.05, 0) is 44.2 Å². The molecule has 0 spiro atoms. The van der Waals surface area contributed by atoms with E-state index in [1.54, 1.807) is 22.8 Å². The van der Waals surface area contributed by atoms with E-state index >= 15 is 0 Å². The summed E-state index contributed by atoms with van der Waals surface area (Å²) in [7, 11) is 0. The van der Waals surface area contributed by atoms with Gasteiger partial charge in [0.15, 0.2) is 0 Å². The van der Waals surface area contributed by atoms with Crippen molar-refractivity contribution in [3.8, 4) is 0 Å². The fraction of sp³-hybridized carbons (Fsp3) is 0.421. The maximum atomic E-state index is 12.5. The van der Waals surface area contributed by atoms with Crippen LogP contribution in [0.15, 0.2) is 28.0 Å². The van der Waals surface area contributed by atoms with E-state index in [0.717, 1.165) is 36.9 Å². The largest absolute Gasteiger partial charge is 0.396 e. The SMILES string of the molecule is O=C(CSc1nc(=O)n(CCCO)c2c1CCCC2)Nc1cccc(Cl)c1Cl. The molecule has 1 aromatic carbocycles. The molecule has 28 heavy (non-hydrogen) atoms. The quantitative estimate of drug-likeness (QED) is 0.506.